The molecule has 3 N–H and O–H groups in total. The molecular formula is C19H31IN4OS. The molecule has 1 aromatic carbocycles. The van der Waals surface area contributed by atoms with Crippen LogP contribution in [0.15, 0.2) is 40.2 Å². The number of aliphatic imine (C=N–C) groups is 1. The van der Waals surface area contributed by atoms with Crippen LogP contribution in [0.2, 0.25) is 0 Å². The van der Waals surface area contributed by atoms with Crippen molar-refractivity contribution in [2.24, 2.45) is 10.9 Å². The lowest BCUT2D eigenvalue weighted by molar-refractivity contribution is -0.127. The van der Waals surface area contributed by atoms with Gasteiger partial charge in [0.15, 0.2) is 5.96 Å². The fourth-order valence-corrected chi connectivity index (χ4v) is 3.50. The highest BCUT2D eigenvalue weighted by atomic mass is 127. The molecule has 0 aromatic heterocycles. The topological polar surface area (TPSA) is 65.5 Å². The highest BCUT2D eigenvalue weighted by molar-refractivity contribution is 14.0. The Morgan fingerprint density at radius 1 is 1.19 bits per heavy atom. The van der Waals surface area contributed by atoms with Crippen molar-refractivity contribution in [2.75, 3.05) is 26.7 Å². The molecule has 0 bridgehead atoms. The Bertz CT molecular complexity index is 552. The predicted octanol–water partition coefficient (Wildman–Crippen LogP) is 3.26. The van der Waals surface area contributed by atoms with Crippen molar-refractivity contribution in [1.29, 1.82) is 0 Å². The van der Waals surface area contributed by atoms with Gasteiger partial charge in [0.2, 0.25) is 5.91 Å². The van der Waals surface area contributed by atoms with E-state index in [0.29, 0.717) is 5.25 Å². The molecule has 1 aliphatic carbocycles. The molecule has 1 fully saturated rings. The summed E-state index contributed by atoms with van der Waals surface area (Å²) in [6.45, 7) is 4.57. The molecule has 0 radical (unpaired) electrons. The minimum Gasteiger partial charge on any atom is -0.356 e. The van der Waals surface area contributed by atoms with E-state index in [1.165, 1.54) is 11.3 Å². The van der Waals surface area contributed by atoms with E-state index in [2.05, 4.69) is 52.1 Å². The fraction of sp³-hybridized carbons (Fsp3) is 0.579. The van der Waals surface area contributed by atoms with E-state index in [4.69, 9.17) is 0 Å². The Balaban J connectivity index is 0.00000338. The maximum absolute atomic E-state index is 11.7. The molecule has 146 valence electrons. The second kappa shape index (κ2) is 13.2. The molecule has 1 saturated carbocycles. The molecule has 0 heterocycles. The maximum Gasteiger partial charge on any atom is 0.223 e. The van der Waals surface area contributed by atoms with Gasteiger partial charge in [-0.15, -0.1) is 35.7 Å². The number of halogens is 1. The number of hydrogen-bond donors (Lipinski definition) is 3. The molecule has 0 aliphatic heterocycles. The van der Waals surface area contributed by atoms with Crippen LogP contribution in [0.5, 0.6) is 0 Å². The van der Waals surface area contributed by atoms with Crippen LogP contribution in [0.4, 0.5) is 0 Å². The van der Waals surface area contributed by atoms with Gasteiger partial charge in [-0.1, -0.05) is 31.5 Å². The zero-order valence-electron chi connectivity index (χ0n) is 15.7. The first kappa shape index (κ1) is 23.1. The zero-order chi connectivity index (χ0) is 17.9. The number of benzene rings is 1. The van der Waals surface area contributed by atoms with Crippen molar-refractivity contribution in [3.05, 3.63) is 30.3 Å². The van der Waals surface area contributed by atoms with Gasteiger partial charge >= 0.3 is 0 Å². The summed E-state index contributed by atoms with van der Waals surface area (Å²) in [5.74, 6) is 1.30. The number of rotatable bonds is 9. The lowest BCUT2D eigenvalue weighted by Crippen LogP contribution is -2.41. The average molecular weight is 490 g/mol. The van der Waals surface area contributed by atoms with Crippen molar-refractivity contribution in [3.8, 4) is 0 Å². The van der Waals surface area contributed by atoms with Gasteiger partial charge in [0, 0.05) is 42.7 Å². The van der Waals surface area contributed by atoms with Gasteiger partial charge in [-0.3, -0.25) is 9.79 Å². The normalized spacial score (nSPS) is 15.4. The summed E-state index contributed by atoms with van der Waals surface area (Å²) < 4.78 is 0. The van der Waals surface area contributed by atoms with Crippen LogP contribution in [-0.4, -0.2) is 43.8 Å². The molecule has 0 saturated heterocycles. The minimum atomic E-state index is 0. The number of thioether (sulfide) groups is 1. The average Bonchev–Trinajstić information content (AvgIpc) is 2.56. The van der Waals surface area contributed by atoms with Crippen LogP contribution in [0.1, 0.15) is 32.6 Å². The monoisotopic (exact) mass is 490 g/mol. The Hall–Kier alpha value is -0.960. The summed E-state index contributed by atoms with van der Waals surface area (Å²) in [6, 6.07) is 10.4. The van der Waals surface area contributed by atoms with Crippen LogP contribution < -0.4 is 16.0 Å². The number of carbonyl (C=O) groups is 1. The Morgan fingerprint density at radius 3 is 2.50 bits per heavy atom. The molecule has 7 heteroatoms. The number of amides is 1. The summed E-state index contributed by atoms with van der Waals surface area (Å²) in [4.78, 5) is 17.3. The Labute approximate surface area is 178 Å². The van der Waals surface area contributed by atoms with Gasteiger partial charge in [-0.05, 0) is 31.4 Å². The van der Waals surface area contributed by atoms with Crippen LogP contribution in [0, 0.1) is 5.92 Å². The highest BCUT2D eigenvalue weighted by Gasteiger charge is 2.24. The molecule has 1 aromatic rings. The van der Waals surface area contributed by atoms with E-state index in [0.717, 1.165) is 44.9 Å². The zero-order valence-corrected chi connectivity index (χ0v) is 18.8. The SMILES string of the molecule is CN=C(NCCCNC(=O)C1CCC1)NCC(C)Sc1ccccc1.I. The van der Waals surface area contributed by atoms with E-state index >= 15 is 0 Å². The van der Waals surface area contributed by atoms with Gasteiger partial charge in [-0.25, -0.2) is 0 Å². The van der Waals surface area contributed by atoms with Crippen LogP contribution in [0.3, 0.4) is 0 Å². The van der Waals surface area contributed by atoms with Gasteiger partial charge in [0.25, 0.3) is 0 Å². The van der Waals surface area contributed by atoms with E-state index < -0.39 is 0 Å². The number of guanidine groups is 1. The second-order valence-corrected chi connectivity index (χ2v) is 7.91. The minimum absolute atomic E-state index is 0. The summed E-state index contributed by atoms with van der Waals surface area (Å²) in [6.07, 6.45) is 4.20. The molecule has 1 aliphatic rings. The first-order valence-corrected chi connectivity index (χ1v) is 10.0. The molecule has 1 atom stereocenters. The number of nitrogens with zero attached hydrogens (tertiary/aromatic N) is 1. The smallest absolute Gasteiger partial charge is 0.223 e. The van der Waals surface area contributed by atoms with Gasteiger partial charge in [0.05, 0.1) is 0 Å². The van der Waals surface area contributed by atoms with E-state index in [1.807, 2.05) is 17.8 Å². The second-order valence-electron chi connectivity index (χ2n) is 6.39. The molecular weight excluding hydrogens is 459 g/mol. The number of carbonyl (C=O) groups excluding carboxylic acids is 1. The molecule has 0 spiro atoms. The lowest BCUT2D eigenvalue weighted by Gasteiger charge is -2.24. The Morgan fingerprint density at radius 2 is 1.88 bits per heavy atom. The van der Waals surface area contributed by atoms with Crippen LogP contribution in [-0.2, 0) is 4.79 Å². The third-order valence-corrected chi connectivity index (χ3v) is 5.40. The van der Waals surface area contributed by atoms with Crippen LogP contribution >= 0.6 is 35.7 Å². The van der Waals surface area contributed by atoms with Crippen molar-refractivity contribution < 1.29 is 4.79 Å². The number of nitrogens with one attached hydrogen (secondary N) is 3. The largest absolute Gasteiger partial charge is 0.356 e. The van der Waals surface area contributed by atoms with Crippen molar-refractivity contribution >= 4 is 47.6 Å². The van der Waals surface area contributed by atoms with E-state index in [-0.39, 0.29) is 35.8 Å². The molecule has 26 heavy (non-hydrogen) atoms. The molecule has 2 rings (SSSR count). The standard InChI is InChI=1S/C19H30N4OS.HI/c1-15(25-17-10-4-3-5-11-17)14-23-19(20-2)22-13-7-12-21-18(24)16-8-6-9-16;/h3-5,10-11,15-16H,6-9,12-14H2,1-2H3,(H,21,24)(H2,20,22,23);1H. The third-order valence-electron chi connectivity index (χ3n) is 4.28. The fourth-order valence-electron chi connectivity index (χ4n) is 2.56. The third kappa shape index (κ3) is 8.62. The predicted molar refractivity (Wildman–Crippen MR) is 122 cm³/mol. The quantitative estimate of drug-likeness (QED) is 0.164. The van der Waals surface area contributed by atoms with Gasteiger partial charge in [-0.2, -0.15) is 0 Å². The summed E-state index contributed by atoms with van der Waals surface area (Å²) in [5.41, 5.74) is 0. The highest BCUT2D eigenvalue weighted by Crippen LogP contribution is 2.26. The van der Waals surface area contributed by atoms with E-state index in [1.54, 1.807) is 7.05 Å². The summed E-state index contributed by atoms with van der Waals surface area (Å²) in [5, 5.41) is 10.1. The molecule has 5 nitrogen and oxygen atoms in total. The Kier molecular flexibility index (Phi) is 11.8. The summed E-state index contributed by atoms with van der Waals surface area (Å²) in [7, 11) is 1.78. The van der Waals surface area contributed by atoms with Crippen molar-refractivity contribution in [2.45, 2.75) is 42.8 Å². The maximum atomic E-state index is 11.7. The van der Waals surface area contributed by atoms with Crippen LogP contribution in [0.25, 0.3) is 0 Å². The lowest BCUT2D eigenvalue weighted by atomic mass is 9.85. The molecule has 1 amide bonds. The molecule has 1 unspecified atom stereocenters. The van der Waals surface area contributed by atoms with E-state index in [9.17, 15) is 4.79 Å². The van der Waals surface area contributed by atoms with Gasteiger partial charge in [0.1, 0.15) is 0 Å². The van der Waals surface area contributed by atoms with Crippen molar-refractivity contribution in [3.63, 3.8) is 0 Å². The van der Waals surface area contributed by atoms with Crippen molar-refractivity contribution in [1.82, 2.24) is 16.0 Å². The first-order chi connectivity index (χ1) is 12.2. The summed E-state index contributed by atoms with van der Waals surface area (Å²) >= 11 is 1.85. The number of hydrogen-bond acceptors (Lipinski definition) is 3. The first-order valence-electron chi connectivity index (χ1n) is 9.13. The van der Waals surface area contributed by atoms with Gasteiger partial charge < -0.3 is 16.0 Å².